The van der Waals surface area contributed by atoms with Crippen LogP contribution in [0.4, 0.5) is 0 Å². The number of halogens is 1. The Kier molecular flexibility index (Phi) is 4.39. The first-order valence-corrected chi connectivity index (χ1v) is 5.32. The minimum absolute atomic E-state index is 0.948. The maximum Gasteiger partial charge on any atom is 0.0517 e. The molecule has 1 N–H and O–H groups in total. The van der Waals surface area contributed by atoms with Gasteiger partial charge in [0.2, 0.25) is 0 Å². The molecule has 0 aromatic carbocycles. The average molecular weight is 206 g/mol. The van der Waals surface area contributed by atoms with Crippen molar-refractivity contribution in [3.8, 4) is 0 Å². The van der Waals surface area contributed by atoms with Crippen molar-refractivity contribution in [3.05, 3.63) is 0 Å². The Morgan fingerprint density at radius 2 is 1.90 bits per heavy atom. The molecule has 0 unspecified atom stereocenters. The Bertz CT molecular complexity index is 79.3. The lowest BCUT2D eigenvalue weighted by Gasteiger charge is -2.21. The molecular formula is C8H16BrN. The van der Waals surface area contributed by atoms with Crippen LogP contribution in [0, 0.1) is 5.92 Å². The SMILES string of the molecule is BrCNCC1CCCCC1. The molecule has 1 fully saturated rings. The largest absolute Gasteiger partial charge is 0.307 e. The first-order chi connectivity index (χ1) is 4.93. The molecule has 0 amide bonds. The van der Waals surface area contributed by atoms with Gasteiger partial charge in [-0.2, -0.15) is 0 Å². The molecule has 0 aliphatic heterocycles. The van der Waals surface area contributed by atoms with Gasteiger partial charge in [0.05, 0.1) is 5.45 Å². The zero-order valence-corrected chi connectivity index (χ0v) is 7.99. The molecule has 1 aliphatic rings. The quantitative estimate of drug-likeness (QED) is 0.552. The van der Waals surface area contributed by atoms with E-state index in [2.05, 4.69) is 21.2 Å². The van der Waals surface area contributed by atoms with Crippen molar-refractivity contribution in [2.24, 2.45) is 5.92 Å². The van der Waals surface area contributed by atoms with Crippen LogP contribution in [-0.2, 0) is 0 Å². The van der Waals surface area contributed by atoms with Crippen LogP contribution in [0.2, 0.25) is 0 Å². The van der Waals surface area contributed by atoms with Crippen molar-refractivity contribution in [1.29, 1.82) is 0 Å². The Balaban J connectivity index is 2.02. The molecule has 1 nitrogen and oxygen atoms in total. The van der Waals surface area contributed by atoms with E-state index in [0.717, 1.165) is 11.4 Å². The van der Waals surface area contributed by atoms with Crippen LogP contribution in [0.15, 0.2) is 0 Å². The Morgan fingerprint density at radius 3 is 2.50 bits per heavy atom. The fourth-order valence-electron chi connectivity index (χ4n) is 1.65. The molecule has 60 valence electrons. The Morgan fingerprint density at radius 1 is 1.20 bits per heavy atom. The standard InChI is InChI=1S/C8H16BrN/c9-7-10-6-8-4-2-1-3-5-8/h8,10H,1-7H2. The molecular weight excluding hydrogens is 190 g/mol. The van der Waals surface area contributed by atoms with E-state index in [4.69, 9.17) is 0 Å². The first kappa shape index (κ1) is 8.54. The van der Waals surface area contributed by atoms with Gasteiger partial charge in [-0.05, 0) is 25.3 Å². The molecule has 1 rings (SSSR count). The third-order valence-corrected chi connectivity index (χ3v) is 2.65. The van der Waals surface area contributed by atoms with Crippen molar-refractivity contribution in [2.45, 2.75) is 32.1 Å². The lowest BCUT2D eigenvalue weighted by atomic mass is 9.89. The van der Waals surface area contributed by atoms with E-state index in [0.29, 0.717) is 0 Å². The topological polar surface area (TPSA) is 12.0 Å². The third-order valence-electron chi connectivity index (χ3n) is 2.25. The first-order valence-electron chi connectivity index (χ1n) is 4.20. The summed E-state index contributed by atoms with van der Waals surface area (Å²) in [7, 11) is 0. The molecule has 1 aliphatic carbocycles. The number of alkyl halides is 1. The van der Waals surface area contributed by atoms with Gasteiger partial charge in [-0.3, -0.25) is 0 Å². The van der Waals surface area contributed by atoms with Crippen LogP contribution in [-0.4, -0.2) is 12.0 Å². The summed E-state index contributed by atoms with van der Waals surface area (Å²) in [6.45, 7) is 1.21. The summed E-state index contributed by atoms with van der Waals surface area (Å²) in [5.41, 5.74) is 0.948. The van der Waals surface area contributed by atoms with Crippen molar-refractivity contribution in [3.63, 3.8) is 0 Å². The molecule has 0 aromatic heterocycles. The second kappa shape index (κ2) is 5.14. The second-order valence-electron chi connectivity index (χ2n) is 3.09. The minimum Gasteiger partial charge on any atom is -0.307 e. The highest BCUT2D eigenvalue weighted by atomic mass is 79.9. The van der Waals surface area contributed by atoms with Gasteiger partial charge in [-0.15, -0.1) is 0 Å². The summed E-state index contributed by atoms with van der Waals surface area (Å²) < 4.78 is 0. The molecule has 0 spiro atoms. The fourth-order valence-corrected chi connectivity index (χ4v) is 1.88. The van der Waals surface area contributed by atoms with Gasteiger partial charge in [-0.1, -0.05) is 35.2 Å². The highest BCUT2D eigenvalue weighted by Crippen LogP contribution is 2.22. The molecule has 2 heteroatoms. The third kappa shape index (κ3) is 3.02. The summed E-state index contributed by atoms with van der Waals surface area (Å²) in [6, 6.07) is 0. The summed E-state index contributed by atoms with van der Waals surface area (Å²) in [5.74, 6) is 0.964. The Labute approximate surface area is 71.7 Å². The number of rotatable bonds is 3. The number of nitrogens with one attached hydrogen (secondary N) is 1. The van der Waals surface area contributed by atoms with Gasteiger partial charge in [0.1, 0.15) is 0 Å². The van der Waals surface area contributed by atoms with E-state index in [9.17, 15) is 0 Å². The van der Waals surface area contributed by atoms with E-state index < -0.39 is 0 Å². The van der Waals surface area contributed by atoms with E-state index in [1.165, 1.54) is 38.6 Å². The summed E-state index contributed by atoms with van der Waals surface area (Å²) in [4.78, 5) is 0. The number of hydrogen-bond donors (Lipinski definition) is 1. The summed E-state index contributed by atoms with van der Waals surface area (Å²) in [5, 5.41) is 3.33. The maximum absolute atomic E-state index is 3.37. The predicted molar refractivity (Wildman–Crippen MR) is 48.4 cm³/mol. The van der Waals surface area contributed by atoms with Gasteiger partial charge in [-0.25, -0.2) is 0 Å². The smallest absolute Gasteiger partial charge is 0.0517 e. The highest BCUT2D eigenvalue weighted by Gasteiger charge is 2.11. The zero-order valence-electron chi connectivity index (χ0n) is 6.41. The van der Waals surface area contributed by atoms with Crippen molar-refractivity contribution >= 4 is 15.9 Å². The van der Waals surface area contributed by atoms with Gasteiger partial charge >= 0.3 is 0 Å². The van der Waals surface area contributed by atoms with Gasteiger partial charge < -0.3 is 5.32 Å². The normalized spacial score (nSPS) is 21.3. The number of hydrogen-bond acceptors (Lipinski definition) is 1. The van der Waals surface area contributed by atoms with Crippen LogP contribution in [0.1, 0.15) is 32.1 Å². The molecule has 0 heterocycles. The fraction of sp³-hybridized carbons (Fsp3) is 1.00. The lowest BCUT2D eigenvalue weighted by molar-refractivity contribution is 0.349. The van der Waals surface area contributed by atoms with Crippen LogP contribution in [0.25, 0.3) is 0 Å². The van der Waals surface area contributed by atoms with Gasteiger partial charge in [0.15, 0.2) is 0 Å². The van der Waals surface area contributed by atoms with Crippen LogP contribution < -0.4 is 5.32 Å². The lowest BCUT2D eigenvalue weighted by Crippen LogP contribution is -2.22. The summed E-state index contributed by atoms with van der Waals surface area (Å²) in [6.07, 6.45) is 7.26. The molecule has 0 aromatic rings. The highest BCUT2D eigenvalue weighted by molar-refractivity contribution is 9.09. The van der Waals surface area contributed by atoms with Crippen LogP contribution >= 0.6 is 15.9 Å². The monoisotopic (exact) mass is 205 g/mol. The average Bonchev–Trinajstić information content (AvgIpc) is 2.03. The predicted octanol–water partition coefficient (Wildman–Crippen LogP) is 2.51. The van der Waals surface area contributed by atoms with E-state index in [-0.39, 0.29) is 0 Å². The molecule has 1 saturated carbocycles. The molecule has 10 heavy (non-hydrogen) atoms. The molecule has 0 radical (unpaired) electrons. The summed E-state index contributed by atoms with van der Waals surface area (Å²) >= 11 is 3.37. The Hall–Kier alpha value is 0.440. The maximum atomic E-state index is 3.37. The van der Waals surface area contributed by atoms with Gasteiger partial charge in [0, 0.05) is 0 Å². The van der Waals surface area contributed by atoms with E-state index in [1.807, 2.05) is 0 Å². The van der Waals surface area contributed by atoms with Crippen molar-refractivity contribution in [1.82, 2.24) is 5.32 Å². The van der Waals surface area contributed by atoms with Crippen LogP contribution in [0.3, 0.4) is 0 Å². The zero-order chi connectivity index (χ0) is 7.23. The minimum atomic E-state index is 0.948. The van der Waals surface area contributed by atoms with E-state index >= 15 is 0 Å². The molecule has 0 saturated heterocycles. The van der Waals surface area contributed by atoms with Crippen molar-refractivity contribution in [2.75, 3.05) is 12.0 Å². The molecule has 0 bridgehead atoms. The van der Waals surface area contributed by atoms with Crippen molar-refractivity contribution < 1.29 is 0 Å². The van der Waals surface area contributed by atoms with E-state index in [1.54, 1.807) is 0 Å². The molecule has 0 atom stereocenters. The van der Waals surface area contributed by atoms with Crippen LogP contribution in [0.5, 0.6) is 0 Å². The van der Waals surface area contributed by atoms with Gasteiger partial charge in [0.25, 0.3) is 0 Å². The second-order valence-corrected chi connectivity index (χ2v) is 3.65.